The lowest BCUT2D eigenvalue weighted by atomic mass is 10.0. The van der Waals surface area contributed by atoms with Gasteiger partial charge in [0.1, 0.15) is 11.4 Å². The summed E-state index contributed by atoms with van der Waals surface area (Å²) in [6.45, 7) is 8.63. The largest absolute Gasteiger partial charge is 0.376 e. The van der Waals surface area contributed by atoms with Gasteiger partial charge in [0.05, 0.1) is 23.3 Å². The Labute approximate surface area is 279 Å². The highest BCUT2D eigenvalue weighted by molar-refractivity contribution is 6.30. The number of pyridine rings is 1. The first-order chi connectivity index (χ1) is 22.7. The minimum Gasteiger partial charge on any atom is -0.376 e. The Hall–Kier alpha value is -4.21. The third kappa shape index (κ3) is 6.64. The molecule has 3 aromatic carbocycles. The van der Waals surface area contributed by atoms with Crippen molar-refractivity contribution in [3.8, 4) is 0 Å². The molecule has 0 aliphatic carbocycles. The maximum atomic E-state index is 15.8. The van der Waals surface area contributed by atoms with E-state index in [-0.39, 0.29) is 29.0 Å². The van der Waals surface area contributed by atoms with Gasteiger partial charge < -0.3 is 24.0 Å². The molecule has 2 aliphatic heterocycles. The number of halogens is 2. The number of anilines is 2. The molecule has 246 valence electrons. The Kier molecular flexibility index (Phi) is 9.66. The van der Waals surface area contributed by atoms with Gasteiger partial charge >= 0.3 is 0 Å². The van der Waals surface area contributed by atoms with E-state index in [0.717, 1.165) is 11.1 Å². The van der Waals surface area contributed by atoms with Crippen LogP contribution in [-0.4, -0.2) is 66.2 Å². The number of fused-ring (bicyclic) bond motifs is 1. The monoisotopic (exact) mass is 658 g/mol. The van der Waals surface area contributed by atoms with Crippen molar-refractivity contribution in [3.63, 3.8) is 0 Å². The fourth-order valence-corrected chi connectivity index (χ4v) is 7.05. The van der Waals surface area contributed by atoms with Gasteiger partial charge in [0, 0.05) is 68.0 Å². The normalized spacial score (nSPS) is 18.1. The Balaban J connectivity index is 1.27. The van der Waals surface area contributed by atoms with Gasteiger partial charge in [-0.05, 0) is 75.1 Å². The third-order valence-electron chi connectivity index (χ3n) is 9.47. The second-order valence-corrected chi connectivity index (χ2v) is 12.8. The molecule has 2 atom stereocenters. The molecule has 47 heavy (non-hydrogen) atoms. The third-order valence-corrected chi connectivity index (χ3v) is 9.70. The van der Waals surface area contributed by atoms with E-state index in [2.05, 4.69) is 0 Å². The molecule has 0 bridgehead atoms. The summed E-state index contributed by atoms with van der Waals surface area (Å²) in [6.07, 6.45) is 3.09. The number of piperazine rings is 1. The first-order valence-electron chi connectivity index (χ1n) is 16.3. The number of carbonyl (C=O) groups excluding carboxylic acids is 2. The lowest BCUT2D eigenvalue weighted by molar-refractivity contribution is -0.131. The number of amides is 2. The van der Waals surface area contributed by atoms with Crippen LogP contribution in [0.25, 0.3) is 10.9 Å². The molecule has 2 fully saturated rings. The zero-order valence-corrected chi connectivity index (χ0v) is 27.8. The fraction of sp³-hybridized carbons (Fsp3) is 0.378. The number of benzene rings is 3. The molecule has 2 aliphatic rings. The van der Waals surface area contributed by atoms with Crippen LogP contribution in [0.3, 0.4) is 0 Å². The van der Waals surface area contributed by atoms with Gasteiger partial charge in [-0.25, -0.2) is 4.39 Å². The molecule has 2 unspecified atom stereocenters. The van der Waals surface area contributed by atoms with E-state index in [1.165, 1.54) is 6.07 Å². The summed E-state index contributed by atoms with van der Waals surface area (Å²) >= 11 is 6.24. The second-order valence-electron chi connectivity index (χ2n) is 12.4. The summed E-state index contributed by atoms with van der Waals surface area (Å²) in [5, 5.41) is 0.702. The van der Waals surface area contributed by atoms with E-state index in [4.69, 9.17) is 16.3 Å². The zero-order valence-electron chi connectivity index (χ0n) is 27.0. The van der Waals surface area contributed by atoms with E-state index in [0.29, 0.717) is 80.5 Å². The summed E-state index contributed by atoms with van der Waals surface area (Å²) in [5.41, 5.74) is 2.97. The highest BCUT2D eigenvalue weighted by Crippen LogP contribution is 2.32. The molecule has 10 heteroatoms. The van der Waals surface area contributed by atoms with Crippen LogP contribution >= 0.6 is 11.6 Å². The van der Waals surface area contributed by atoms with Gasteiger partial charge in [0.15, 0.2) is 0 Å². The van der Waals surface area contributed by atoms with Crippen molar-refractivity contribution in [2.75, 3.05) is 42.6 Å². The molecule has 2 amide bonds. The number of rotatable bonds is 8. The highest BCUT2D eigenvalue weighted by Gasteiger charge is 2.36. The quantitative estimate of drug-likeness (QED) is 0.225. The smallest absolute Gasteiger partial charge is 0.264 e. The average molecular weight is 659 g/mol. The van der Waals surface area contributed by atoms with Gasteiger partial charge in [-0.1, -0.05) is 41.9 Å². The van der Waals surface area contributed by atoms with Crippen LogP contribution in [0.4, 0.5) is 15.8 Å². The molecule has 4 aromatic rings. The van der Waals surface area contributed by atoms with Crippen molar-refractivity contribution in [1.82, 2.24) is 9.47 Å². The van der Waals surface area contributed by atoms with Crippen LogP contribution in [0.15, 0.2) is 71.7 Å². The first-order valence-corrected chi connectivity index (χ1v) is 16.7. The topological polar surface area (TPSA) is 75.1 Å². The standard InChI is InChI=1S/C37H40ClFN4O4/c1-4-40-23-29(37(46)43(32-14-19-47-25(32)3)31-12-11-27(38)20-24(31)2)36(45)28-21-30(39)34(22-33(28)40)41-15-17-42(18-16-41)35(44)13-10-26-8-6-5-7-9-26/h5-9,11-12,20-23,25,32H,4,10,13-19H2,1-3H3. The predicted octanol–water partition coefficient (Wildman–Crippen LogP) is 6.23. The van der Waals surface area contributed by atoms with E-state index in [1.807, 2.05) is 65.5 Å². The summed E-state index contributed by atoms with van der Waals surface area (Å²) in [6, 6.07) is 17.9. The minimum absolute atomic E-state index is 0.0254. The molecule has 8 nitrogen and oxygen atoms in total. The first kappa shape index (κ1) is 32.7. The van der Waals surface area contributed by atoms with Crippen molar-refractivity contribution in [3.05, 3.63) is 105 Å². The molecular weight excluding hydrogens is 619 g/mol. The number of hydrogen-bond acceptors (Lipinski definition) is 5. The van der Waals surface area contributed by atoms with Gasteiger partial charge in [0.25, 0.3) is 5.91 Å². The SMILES string of the molecule is CCn1cc(C(=O)N(c2ccc(Cl)cc2C)C2CCOC2C)c(=O)c2cc(F)c(N3CCN(C(=O)CCc4ccccc4)CC3)cc21. The number of hydrogen-bond donors (Lipinski definition) is 0. The van der Waals surface area contributed by atoms with E-state index < -0.39 is 17.2 Å². The second kappa shape index (κ2) is 13.9. The van der Waals surface area contributed by atoms with Crippen molar-refractivity contribution in [2.24, 2.45) is 0 Å². The van der Waals surface area contributed by atoms with Crippen LogP contribution in [-0.2, 0) is 22.5 Å². The molecule has 6 rings (SSSR count). The number of aromatic nitrogens is 1. The average Bonchev–Trinajstić information content (AvgIpc) is 3.50. The molecule has 2 saturated heterocycles. The van der Waals surface area contributed by atoms with Crippen LogP contribution in [0.1, 0.15) is 48.2 Å². The van der Waals surface area contributed by atoms with Crippen molar-refractivity contribution >= 4 is 45.7 Å². The van der Waals surface area contributed by atoms with Crippen LogP contribution < -0.4 is 15.2 Å². The van der Waals surface area contributed by atoms with Crippen LogP contribution in [0.5, 0.6) is 0 Å². The summed E-state index contributed by atoms with van der Waals surface area (Å²) in [4.78, 5) is 46.6. The van der Waals surface area contributed by atoms with E-state index >= 15 is 4.39 Å². The number of aryl methyl sites for hydroxylation is 3. The molecular formula is C37H40ClFN4O4. The molecule has 1 aromatic heterocycles. The molecule has 0 N–H and O–H groups in total. The Morgan fingerprint density at radius 3 is 2.45 bits per heavy atom. The Morgan fingerprint density at radius 2 is 1.79 bits per heavy atom. The van der Waals surface area contributed by atoms with Gasteiger partial charge in [-0.3, -0.25) is 14.4 Å². The number of carbonyl (C=O) groups is 2. The van der Waals surface area contributed by atoms with Gasteiger partial charge in [-0.2, -0.15) is 0 Å². The van der Waals surface area contributed by atoms with E-state index in [9.17, 15) is 14.4 Å². The fourth-order valence-electron chi connectivity index (χ4n) is 6.82. The van der Waals surface area contributed by atoms with Crippen molar-refractivity contribution < 1.29 is 18.7 Å². The van der Waals surface area contributed by atoms with Gasteiger partial charge in [0.2, 0.25) is 11.3 Å². The number of ether oxygens (including phenoxy) is 1. The van der Waals surface area contributed by atoms with Gasteiger partial charge in [-0.15, -0.1) is 0 Å². The molecule has 3 heterocycles. The summed E-state index contributed by atoms with van der Waals surface area (Å²) in [5.74, 6) is -0.899. The zero-order chi connectivity index (χ0) is 33.2. The summed E-state index contributed by atoms with van der Waals surface area (Å²) in [7, 11) is 0. The minimum atomic E-state index is -0.533. The highest BCUT2D eigenvalue weighted by atomic mass is 35.5. The van der Waals surface area contributed by atoms with Crippen molar-refractivity contribution in [2.45, 2.75) is 58.7 Å². The Morgan fingerprint density at radius 1 is 1.04 bits per heavy atom. The molecule has 0 saturated carbocycles. The Bertz CT molecular complexity index is 1860. The van der Waals surface area contributed by atoms with Crippen molar-refractivity contribution in [1.29, 1.82) is 0 Å². The lowest BCUT2D eigenvalue weighted by Crippen LogP contribution is -2.49. The predicted molar refractivity (Wildman–Crippen MR) is 184 cm³/mol. The maximum absolute atomic E-state index is 15.8. The summed E-state index contributed by atoms with van der Waals surface area (Å²) < 4.78 is 23.5. The molecule has 0 radical (unpaired) electrons. The number of nitrogens with zero attached hydrogens (tertiary/aromatic N) is 4. The maximum Gasteiger partial charge on any atom is 0.264 e. The van der Waals surface area contributed by atoms with E-state index in [1.54, 1.807) is 35.4 Å². The van der Waals surface area contributed by atoms with Crippen LogP contribution in [0, 0.1) is 12.7 Å². The lowest BCUT2D eigenvalue weighted by Gasteiger charge is -2.36. The van der Waals surface area contributed by atoms with Crippen LogP contribution in [0.2, 0.25) is 5.02 Å². The molecule has 0 spiro atoms.